The maximum absolute atomic E-state index is 12.3. The van der Waals surface area contributed by atoms with Gasteiger partial charge in [-0.25, -0.2) is 9.59 Å². The number of benzene rings is 1. The zero-order valence-corrected chi connectivity index (χ0v) is 41.0. The van der Waals surface area contributed by atoms with Gasteiger partial charge in [-0.3, -0.25) is 0 Å². The number of hydrogen-bond acceptors (Lipinski definition) is 7. The third kappa shape index (κ3) is 17.3. The number of unbranched alkanes of at least 4 members (excludes halogenated alkanes) is 3. The summed E-state index contributed by atoms with van der Waals surface area (Å²) in [5.41, 5.74) is 3.75. The first kappa shape index (κ1) is 53.0. The normalized spacial score (nSPS) is 23.5. The summed E-state index contributed by atoms with van der Waals surface area (Å²) in [6.45, 7) is 18.4. The van der Waals surface area contributed by atoms with Crippen molar-refractivity contribution in [2.75, 3.05) is 33.0 Å². The van der Waals surface area contributed by atoms with Crippen LogP contribution in [0.25, 0.3) is 0 Å². The minimum absolute atomic E-state index is 0.0828. The summed E-state index contributed by atoms with van der Waals surface area (Å²) < 4.78 is 17.9. The Morgan fingerprint density at radius 3 is 1.59 bits per heavy atom. The lowest BCUT2D eigenvalue weighted by molar-refractivity contribution is -0.139. The van der Waals surface area contributed by atoms with Gasteiger partial charge in [-0.15, -0.1) is 0 Å². The van der Waals surface area contributed by atoms with Crippen molar-refractivity contribution in [3.63, 3.8) is 0 Å². The Morgan fingerprint density at radius 2 is 1.14 bits per heavy atom. The Labute approximate surface area is 385 Å². The van der Waals surface area contributed by atoms with Crippen molar-refractivity contribution in [2.24, 2.45) is 40.9 Å². The van der Waals surface area contributed by atoms with Gasteiger partial charge in [0.15, 0.2) is 0 Å². The van der Waals surface area contributed by atoms with Crippen molar-refractivity contribution in [1.82, 2.24) is 0 Å². The van der Waals surface area contributed by atoms with Gasteiger partial charge in [0.2, 0.25) is 0 Å². The first-order chi connectivity index (χ1) is 30.5. The van der Waals surface area contributed by atoms with Crippen LogP contribution < -0.4 is 4.74 Å². The number of hydrogen-bond donors (Lipinski definition) is 2. The number of carbonyl (C=O) groups is 2. The molecule has 0 aliphatic heterocycles. The molecule has 2 N–H and O–H groups in total. The largest absolute Gasteiger partial charge is 0.493 e. The number of esters is 2. The molecule has 0 aromatic heterocycles. The summed E-state index contributed by atoms with van der Waals surface area (Å²) in [4.78, 5) is 24.5. The van der Waals surface area contributed by atoms with Crippen LogP contribution in [-0.2, 0) is 31.9 Å². The third-order valence-electron chi connectivity index (χ3n) is 15.9. The highest BCUT2D eigenvalue weighted by atomic mass is 16.5. The van der Waals surface area contributed by atoms with Gasteiger partial charge >= 0.3 is 11.9 Å². The van der Waals surface area contributed by atoms with E-state index in [0.717, 1.165) is 78.6 Å². The molecule has 3 saturated carbocycles. The predicted molar refractivity (Wildman–Crippen MR) is 259 cm³/mol. The van der Waals surface area contributed by atoms with E-state index in [2.05, 4.69) is 46.1 Å². The maximum atomic E-state index is 12.3. The highest BCUT2D eigenvalue weighted by Crippen LogP contribution is 2.48. The van der Waals surface area contributed by atoms with Gasteiger partial charge in [0, 0.05) is 16.6 Å². The van der Waals surface area contributed by atoms with Crippen molar-refractivity contribution in [3.05, 3.63) is 53.1 Å². The average molecular weight is 877 g/mol. The van der Waals surface area contributed by atoms with Gasteiger partial charge in [0.05, 0.1) is 33.0 Å². The van der Waals surface area contributed by atoms with E-state index in [-0.39, 0.29) is 25.2 Å². The molecule has 0 amide bonds. The molecule has 3 aliphatic carbocycles. The summed E-state index contributed by atoms with van der Waals surface area (Å²) in [6, 6.07) is 4.72. The molecule has 0 heterocycles. The molecule has 0 radical (unpaired) electrons. The molecule has 63 heavy (non-hydrogen) atoms. The Balaban J connectivity index is 1.47. The lowest BCUT2D eigenvalue weighted by Gasteiger charge is -2.41. The number of ether oxygens (including phenoxy) is 3. The van der Waals surface area contributed by atoms with E-state index < -0.39 is 5.41 Å². The van der Waals surface area contributed by atoms with Crippen LogP contribution in [0.4, 0.5) is 0 Å². The first-order valence-electron chi connectivity index (χ1n) is 26.1. The van der Waals surface area contributed by atoms with Gasteiger partial charge < -0.3 is 24.4 Å². The monoisotopic (exact) mass is 877 g/mol. The molecule has 4 rings (SSSR count). The smallest absolute Gasteiger partial charge is 0.333 e. The molecule has 0 saturated heterocycles. The summed E-state index contributed by atoms with van der Waals surface area (Å²) in [7, 11) is 0. The number of aliphatic hydroxyl groups excluding tert-OH is 2. The average Bonchev–Trinajstić information content (AvgIpc) is 3.30. The third-order valence-corrected chi connectivity index (χ3v) is 15.9. The number of aliphatic hydroxyl groups is 2. The first-order valence-corrected chi connectivity index (χ1v) is 26.1. The molecule has 1 aromatic rings. The Bertz CT molecular complexity index is 1450. The van der Waals surface area contributed by atoms with Gasteiger partial charge in [0.25, 0.3) is 0 Å². The van der Waals surface area contributed by atoms with E-state index in [9.17, 15) is 19.8 Å². The van der Waals surface area contributed by atoms with Crippen molar-refractivity contribution >= 4 is 11.9 Å². The fourth-order valence-corrected chi connectivity index (χ4v) is 11.7. The molecule has 1 unspecified atom stereocenters. The molecular weight excluding hydrogens is 785 g/mol. The van der Waals surface area contributed by atoms with Gasteiger partial charge in [0.1, 0.15) is 5.75 Å². The molecule has 7 heteroatoms. The fourth-order valence-electron chi connectivity index (χ4n) is 11.7. The molecule has 0 bridgehead atoms. The molecule has 358 valence electrons. The Kier molecular flexibility index (Phi) is 23.9. The van der Waals surface area contributed by atoms with Gasteiger partial charge in [-0.1, -0.05) is 110 Å². The lowest BCUT2D eigenvalue weighted by atomic mass is 9.64. The Hall–Kier alpha value is -2.64. The maximum Gasteiger partial charge on any atom is 0.333 e. The van der Waals surface area contributed by atoms with Crippen molar-refractivity contribution in [2.45, 2.75) is 207 Å². The standard InChI is InChI=1S/C56H92O7/c1-8-11-13-17-44-20-22-45(23-21-44)46-24-26-47(27-25-46)48-28-30-49(31-29-48)52-36-50(18-14-33-62-54(59)41(4)5)53(51(37-52)19-15-34-63-55(60)42(6)7)61-35-32-56(39-57,40-58)38-43(10-3)16-12-9-2/h36-37,43-49,57-58H,4,6,8-35,38-40H2,1-3,5,7H3. The summed E-state index contributed by atoms with van der Waals surface area (Å²) >= 11 is 0. The molecule has 1 atom stereocenters. The SMILES string of the molecule is C=C(C)C(=O)OCCCc1cc(C2CCC(C3CCC(C4CCC(CCCCC)CC4)CC3)CC2)cc(CCCOC(=O)C(=C)C)c1OCCC(CO)(CO)CC(CC)CCCC. The van der Waals surface area contributed by atoms with Crippen LogP contribution in [0.15, 0.2) is 36.4 Å². The minimum Gasteiger partial charge on any atom is -0.493 e. The van der Waals surface area contributed by atoms with Gasteiger partial charge in [-0.05, 0) is 175 Å². The van der Waals surface area contributed by atoms with Crippen LogP contribution in [0.5, 0.6) is 5.75 Å². The molecular formula is C56H92O7. The second-order valence-electron chi connectivity index (χ2n) is 20.8. The van der Waals surface area contributed by atoms with Crippen molar-refractivity contribution in [1.29, 1.82) is 0 Å². The second kappa shape index (κ2) is 28.4. The summed E-state index contributed by atoms with van der Waals surface area (Å²) in [5.74, 6) is 5.66. The lowest BCUT2D eigenvalue weighted by Crippen LogP contribution is -2.34. The van der Waals surface area contributed by atoms with Crippen molar-refractivity contribution in [3.8, 4) is 5.75 Å². The molecule has 1 aromatic carbocycles. The zero-order chi connectivity index (χ0) is 45.6. The number of aryl methyl sites for hydroxylation is 2. The zero-order valence-electron chi connectivity index (χ0n) is 41.0. The summed E-state index contributed by atoms with van der Waals surface area (Å²) in [5, 5.41) is 21.4. The minimum atomic E-state index is -0.618. The van der Waals surface area contributed by atoms with E-state index in [1.807, 2.05) is 0 Å². The fraction of sp³-hybridized carbons (Fsp3) is 0.786. The highest BCUT2D eigenvalue weighted by molar-refractivity contribution is 5.87. The van der Waals surface area contributed by atoms with Crippen LogP contribution in [0.3, 0.4) is 0 Å². The van der Waals surface area contributed by atoms with Crippen LogP contribution in [-0.4, -0.2) is 55.2 Å². The molecule has 3 aliphatic rings. The van der Waals surface area contributed by atoms with Crippen LogP contribution in [0, 0.1) is 40.9 Å². The number of rotatable bonds is 29. The van der Waals surface area contributed by atoms with Crippen LogP contribution in [0.2, 0.25) is 0 Å². The molecule has 0 spiro atoms. The van der Waals surface area contributed by atoms with E-state index in [1.165, 1.54) is 108 Å². The summed E-state index contributed by atoms with van der Waals surface area (Å²) in [6.07, 6.45) is 30.7. The van der Waals surface area contributed by atoms with Crippen molar-refractivity contribution < 1.29 is 34.0 Å². The second-order valence-corrected chi connectivity index (χ2v) is 20.8. The topological polar surface area (TPSA) is 102 Å². The Morgan fingerprint density at radius 1 is 0.667 bits per heavy atom. The van der Waals surface area contributed by atoms with E-state index in [0.29, 0.717) is 74.9 Å². The van der Waals surface area contributed by atoms with Gasteiger partial charge in [-0.2, -0.15) is 0 Å². The molecule has 3 fully saturated rings. The van der Waals surface area contributed by atoms with Crippen LogP contribution >= 0.6 is 0 Å². The highest BCUT2D eigenvalue weighted by Gasteiger charge is 2.36. The molecule has 7 nitrogen and oxygen atoms in total. The van der Waals surface area contributed by atoms with Crippen LogP contribution in [0.1, 0.15) is 211 Å². The van der Waals surface area contributed by atoms with E-state index >= 15 is 0 Å². The number of carbonyl (C=O) groups excluding carboxylic acids is 2. The van der Waals surface area contributed by atoms with E-state index in [4.69, 9.17) is 14.2 Å². The van der Waals surface area contributed by atoms with E-state index in [1.54, 1.807) is 13.8 Å². The quantitative estimate of drug-likeness (QED) is 0.0469. The predicted octanol–water partition coefficient (Wildman–Crippen LogP) is 13.6.